The molecule has 35 heavy (non-hydrogen) atoms. The maximum atomic E-state index is 13.6. The molecule has 0 saturated carbocycles. The Morgan fingerprint density at radius 3 is 2.40 bits per heavy atom. The van der Waals surface area contributed by atoms with Crippen LogP contribution in [-0.2, 0) is 18.8 Å². The highest BCUT2D eigenvalue weighted by atomic mass is 31.1. The van der Waals surface area contributed by atoms with Crippen molar-refractivity contribution in [2.45, 2.75) is 38.1 Å². The zero-order chi connectivity index (χ0) is 25.4. The fourth-order valence-corrected chi connectivity index (χ4v) is 3.78. The number of benzene rings is 2. The first-order valence-electron chi connectivity index (χ1n) is 10.9. The molecule has 6 nitrogen and oxygen atoms in total. The average molecular weight is 493 g/mol. The van der Waals surface area contributed by atoms with Crippen LogP contribution in [-0.4, -0.2) is 35.1 Å². The Bertz CT molecular complexity index is 1240. The number of esters is 1. The van der Waals surface area contributed by atoms with Gasteiger partial charge in [0.05, 0.1) is 23.4 Å². The number of ether oxygens (including phenoxy) is 2. The normalized spacial score (nSPS) is 12.6. The van der Waals surface area contributed by atoms with Gasteiger partial charge in [0.2, 0.25) is 0 Å². The fraction of sp³-hybridized carbons (Fsp3) is 0.259. The minimum atomic E-state index is -1.30. The number of methoxy groups -OCH3 is 1. The number of carbonyl (C=O) groups is 1. The molecular formula is C27H25FNO5P. The van der Waals surface area contributed by atoms with Gasteiger partial charge in [-0.1, -0.05) is 56.3 Å². The lowest BCUT2D eigenvalue weighted by Gasteiger charge is -2.16. The van der Waals surface area contributed by atoms with Crippen molar-refractivity contribution < 1.29 is 28.3 Å². The summed E-state index contributed by atoms with van der Waals surface area (Å²) in [5.74, 6) is 0.684. The molecule has 1 N–H and O–H groups in total. The van der Waals surface area contributed by atoms with E-state index >= 15 is 0 Å². The summed E-state index contributed by atoms with van der Waals surface area (Å²) in [6.45, 7) is 3.96. The van der Waals surface area contributed by atoms with Gasteiger partial charge in [-0.2, -0.15) is 0 Å². The summed E-state index contributed by atoms with van der Waals surface area (Å²) in [5, 5.41) is 9.94. The van der Waals surface area contributed by atoms with Gasteiger partial charge in [0.15, 0.2) is 14.3 Å². The quantitative estimate of drug-likeness (QED) is 0.252. The molecule has 0 radical (unpaired) electrons. The third-order valence-corrected chi connectivity index (χ3v) is 5.97. The standard InChI is InChI=1S/C27H25FNO5P/c1-17(2)26-21(13-14-34-25(31)16-24(30)27(33-3)35-32)22(18-9-11-20(28)12-10-18)15-23(29-26)19-7-5-4-6-8-19/h4-12,15,17,24,27,30H,16H2,1-3H3. The molecule has 1 aromatic heterocycles. The number of aliphatic hydroxyl groups is 1. The fourth-order valence-electron chi connectivity index (χ4n) is 3.44. The van der Waals surface area contributed by atoms with Gasteiger partial charge in [0.1, 0.15) is 18.0 Å². The van der Waals surface area contributed by atoms with Gasteiger partial charge >= 0.3 is 5.97 Å². The lowest BCUT2D eigenvalue weighted by molar-refractivity contribution is -0.140. The van der Waals surface area contributed by atoms with Gasteiger partial charge in [-0.25, -0.2) is 4.39 Å². The van der Waals surface area contributed by atoms with Crippen LogP contribution in [0.3, 0.4) is 0 Å². The first kappa shape index (κ1) is 26.2. The Balaban J connectivity index is 2.02. The van der Waals surface area contributed by atoms with Crippen LogP contribution in [0.2, 0.25) is 0 Å². The SMILES string of the molecule is COC(P=O)C(O)CC(=O)OC#Cc1c(-c2ccc(F)cc2)cc(-c2ccccc2)nc1C(C)C. The summed E-state index contributed by atoms with van der Waals surface area (Å²) < 4.78 is 34.4. The maximum Gasteiger partial charge on any atom is 0.322 e. The second kappa shape index (κ2) is 12.3. The van der Waals surface area contributed by atoms with Crippen molar-refractivity contribution in [3.05, 3.63) is 77.7 Å². The van der Waals surface area contributed by atoms with E-state index in [1.54, 1.807) is 12.1 Å². The molecule has 0 spiro atoms. The largest absolute Gasteiger partial charge is 0.389 e. The summed E-state index contributed by atoms with van der Waals surface area (Å²) in [4.78, 5) is 17.0. The average Bonchev–Trinajstić information content (AvgIpc) is 2.85. The van der Waals surface area contributed by atoms with Crippen LogP contribution in [0.25, 0.3) is 22.4 Å². The van der Waals surface area contributed by atoms with Crippen LogP contribution in [0.4, 0.5) is 4.39 Å². The zero-order valence-electron chi connectivity index (χ0n) is 19.6. The van der Waals surface area contributed by atoms with Gasteiger partial charge in [-0.05, 0) is 35.6 Å². The Labute approximate surface area is 205 Å². The highest BCUT2D eigenvalue weighted by Crippen LogP contribution is 2.33. The Kier molecular flexibility index (Phi) is 9.22. The lowest BCUT2D eigenvalue weighted by atomic mass is 9.93. The van der Waals surface area contributed by atoms with E-state index in [1.807, 2.05) is 50.2 Å². The van der Waals surface area contributed by atoms with Gasteiger partial charge in [0, 0.05) is 18.2 Å². The smallest absolute Gasteiger partial charge is 0.322 e. The van der Waals surface area contributed by atoms with E-state index in [2.05, 4.69) is 12.0 Å². The minimum absolute atomic E-state index is 0.0155. The molecule has 2 unspecified atom stereocenters. The van der Waals surface area contributed by atoms with Crippen LogP contribution in [0.15, 0.2) is 60.7 Å². The van der Waals surface area contributed by atoms with Crippen molar-refractivity contribution in [1.29, 1.82) is 0 Å². The number of carbonyl (C=O) groups excluding carboxylic acids is 1. The van der Waals surface area contributed by atoms with E-state index in [0.717, 1.165) is 22.4 Å². The highest BCUT2D eigenvalue weighted by Gasteiger charge is 2.23. The molecule has 8 heteroatoms. The van der Waals surface area contributed by atoms with Crippen LogP contribution < -0.4 is 0 Å². The summed E-state index contributed by atoms with van der Waals surface area (Å²) in [7, 11) is 0.836. The summed E-state index contributed by atoms with van der Waals surface area (Å²) >= 11 is 0. The molecule has 3 aromatic rings. The molecule has 0 aliphatic heterocycles. The number of hydrogen-bond donors (Lipinski definition) is 1. The Hall–Kier alpha value is -3.43. The van der Waals surface area contributed by atoms with Crippen LogP contribution in [0, 0.1) is 17.8 Å². The van der Waals surface area contributed by atoms with Crippen molar-refractivity contribution in [2.75, 3.05) is 7.11 Å². The number of rotatable bonds is 8. The minimum Gasteiger partial charge on any atom is -0.389 e. The molecule has 180 valence electrons. The lowest BCUT2D eigenvalue weighted by Crippen LogP contribution is -2.26. The molecule has 0 amide bonds. The molecule has 0 saturated heterocycles. The number of hydrogen-bond acceptors (Lipinski definition) is 6. The van der Waals surface area contributed by atoms with E-state index in [1.165, 1.54) is 19.2 Å². The van der Waals surface area contributed by atoms with Crippen molar-refractivity contribution in [3.8, 4) is 34.4 Å². The number of aromatic nitrogens is 1. The van der Waals surface area contributed by atoms with Gasteiger partial charge < -0.3 is 14.6 Å². The topological polar surface area (TPSA) is 85.7 Å². The number of aliphatic hydroxyl groups excluding tert-OH is 1. The first-order chi connectivity index (χ1) is 16.8. The third kappa shape index (κ3) is 6.80. The van der Waals surface area contributed by atoms with E-state index in [-0.39, 0.29) is 11.7 Å². The van der Waals surface area contributed by atoms with Crippen LogP contribution in [0.5, 0.6) is 0 Å². The molecule has 0 aliphatic rings. The molecule has 2 aromatic carbocycles. The third-order valence-electron chi connectivity index (χ3n) is 5.21. The van der Waals surface area contributed by atoms with Crippen molar-refractivity contribution in [2.24, 2.45) is 0 Å². The van der Waals surface area contributed by atoms with E-state index in [4.69, 9.17) is 14.5 Å². The Morgan fingerprint density at radius 2 is 1.80 bits per heavy atom. The molecular weight excluding hydrogens is 468 g/mol. The van der Waals surface area contributed by atoms with Crippen molar-refractivity contribution in [1.82, 2.24) is 4.98 Å². The number of pyridine rings is 1. The highest BCUT2D eigenvalue weighted by molar-refractivity contribution is 7.24. The van der Waals surface area contributed by atoms with Crippen LogP contribution >= 0.6 is 8.46 Å². The molecule has 0 aliphatic carbocycles. The second-order valence-corrected chi connectivity index (χ2v) is 8.77. The summed E-state index contributed by atoms with van der Waals surface area (Å²) in [6.07, 6.45) is 0.672. The monoisotopic (exact) mass is 493 g/mol. The Morgan fingerprint density at radius 1 is 1.11 bits per heavy atom. The number of nitrogens with zero attached hydrogens (tertiary/aromatic N) is 1. The number of halogens is 1. The van der Waals surface area contributed by atoms with E-state index in [9.17, 15) is 18.9 Å². The van der Waals surface area contributed by atoms with Crippen LogP contribution in [0.1, 0.15) is 37.4 Å². The predicted octanol–water partition coefficient (Wildman–Crippen LogP) is 5.55. The molecule has 0 bridgehead atoms. The molecule has 0 fully saturated rings. The van der Waals surface area contributed by atoms with E-state index in [0.29, 0.717) is 11.3 Å². The first-order valence-corrected chi connectivity index (χ1v) is 11.8. The van der Waals surface area contributed by atoms with Crippen molar-refractivity contribution in [3.63, 3.8) is 0 Å². The molecule has 2 atom stereocenters. The molecule has 1 heterocycles. The predicted molar refractivity (Wildman–Crippen MR) is 131 cm³/mol. The summed E-state index contributed by atoms with van der Waals surface area (Å²) in [6, 6.07) is 17.6. The van der Waals surface area contributed by atoms with Crippen molar-refractivity contribution >= 4 is 14.4 Å². The maximum absolute atomic E-state index is 13.6. The zero-order valence-corrected chi connectivity index (χ0v) is 20.5. The van der Waals surface area contributed by atoms with E-state index < -0.39 is 32.8 Å². The van der Waals surface area contributed by atoms with Gasteiger partial charge in [-0.3, -0.25) is 14.3 Å². The summed E-state index contributed by atoms with van der Waals surface area (Å²) in [5.41, 5.74) is 4.35. The molecule has 3 rings (SSSR count). The second-order valence-electron chi connectivity index (χ2n) is 8.05. The van der Waals surface area contributed by atoms with Gasteiger partial charge in [-0.15, -0.1) is 0 Å². The van der Waals surface area contributed by atoms with Gasteiger partial charge in [0.25, 0.3) is 0 Å².